The van der Waals surface area contributed by atoms with Gasteiger partial charge in [0.15, 0.2) is 0 Å². The van der Waals surface area contributed by atoms with Crippen LogP contribution < -0.4 is 37.6 Å². The number of hydrogen-bond donors (Lipinski definition) is 10. The summed E-state index contributed by atoms with van der Waals surface area (Å²) >= 11 is 0. The van der Waals surface area contributed by atoms with Crippen LogP contribution in [0.2, 0.25) is 0 Å². The standard InChI is InChI=1S/C38H65N9O12/c1-9-19(4)28(34(55)40-14-17-48)43-31(52)20(5)41-36(57)29(22(7)50)44-35(56)27(18(2)3)42-32(53)25-13-11-16-47(25)38(59)30(23(8)51)45-33(54)24-12-10-15-46(24)37(58)26(39)21(6)49/h17-30,49-51H,9-16,39H2,1-8H3,(H,40,55)(H,41,57)(H,42,53)(H,43,52)(H,44,56)(H,45,54)/t19-,20-,21+,22+,23+,24-,25-,26-,27-,28-,29-,30-/m0/s1. The predicted molar refractivity (Wildman–Crippen MR) is 211 cm³/mol. The number of aldehydes is 1. The molecule has 0 unspecified atom stereocenters. The van der Waals surface area contributed by atoms with Gasteiger partial charge in [0, 0.05) is 13.1 Å². The SMILES string of the molecule is CC[C@H](C)[C@H](NC(=O)[C@H](C)NC(=O)[C@@H](NC(=O)[C@@H](NC(=O)[C@@H]1CCCN1C(=O)[C@@H](NC(=O)[C@@H]1CCCN1C(=O)[C@@H](N)[C@@H](C)O)[C@@H](C)O)C(C)C)[C@@H](C)O)C(=O)NCC=O. The third-order valence-electron chi connectivity index (χ3n) is 10.7. The Bertz CT molecular complexity index is 1530. The van der Waals surface area contributed by atoms with E-state index in [0.29, 0.717) is 25.5 Å². The first-order chi connectivity index (χ1) is 27.6. The van der Waals surface area contributed by atoms with Crippen LogP contribution in [0.3, 0.4) is 0 Å². The molecule has 0 aromatic rings. The fourth-order valence-electron chi connectivity index (χ4n) is 6.85. The van der Waals surface area contributed by atoms with Gasteiger partial charge in [-0.3, -0.25) is 38.4 Å². The molecular formula is C38H65N9O12. The molecular weight excluding hydrogens is 774 g/mol. The van der Waals surface area contributed by atoms with E-state index in [4.69, 9.17) is 5.73 Å². The Morgan fingerprint density at radius 2 is 1.10 bits per heavy atom. The van der Waals surface area contributed by atoms with Gasteiger partial charge in [-0.1, -0.05) is 34.1 Å². The fraction of sp³-hybridized carbons (Fsp3) is 0.763. The highest BCUT2D eigenvalue weighted by atomic mass is 16.3. The minimum atomic E-state index is -1.59. The van der Waals surface area contributed by atoms with Crippen LogP contribution in [0, 0.1) is 11.8 Å². The molecule has 0 saturated carbocycles. The number of nitrogens with zero attached hydrogens (tertiary/aromatic N) is 2. The molecule has 0 aromatic heterocycles. The average molecular weight is 840 g/mol. The van der Waals surface area contributed by atoms with Crippen LogP contribution in [0.15, 0.2) is 0 Å². The van der Waals surface area contributed by atoms with Crippen molar-refractivity contribution in [2.45, 2.75) is 154 Å². The zero-order chi connectivity index (χ0) is 44.9. The number of nitrogens with one attached hydrogen (secondary N) is 6. The summed E-state index contributed by atoms with van der Waals surface area (Å²) < 4.78 is 0. The quantitative estimate of drug-likeness (QED) is 0.0493. The van der Waals surface area contributed by atoms with Gasteiger partial charge in [-0.25, -0.2) is 0 Å². The molecule has 2 heterocycles. The van der Waals surface area contributed by atoms with E-state index in [0.717, 1.165) is 0 Å². The molecule has 11 N–H and O–H groups in total. The third kappa shape index (κ3) is 13.7. The Kier molecular flexibility index (Phi) is 19.8. The first-order valence-corrected chi connectivity index (χ1v) is 20.2. The number of likely N-dealkylation sites (tertiary alicyclic amines) is 2. The highest BCUT2D eigenvalue weighted by molar-refractivity contribution is 5.98. The predicted octanol–water partition coefficient (Wildman–Crippen LogP) is -4.10. The maximum absolute atomic E-state index is 13.9. The van der Waals surface area contributed by atoms with Crippen molar-refractivity contribution in [2.24, 2.45) is 17.6 Å². The molecule has 12 atom stereocenters. The summed E-state index contributed by atoms with van der Waals surface area (Å²) in [5, 5.41) is 45.9. The van der Waals surface area contributed by atoms with E-state index in [2.05, 4.69) is 31.9 Å². The van der Waals surface area contributed by atoms with Gasteiger partial charge in [0.2, 0.25) is 47.3 Å². The van der Waals surface area contributed by atoms with Crippen LogP contribution in [0.4, 0.5) is 0 Å². The number of nitrogens with two attached hydrogens (primary N) is 1. The summed E-state index contributed by atoms with van der Waals surface area (Å²) in [6, 6.07) is -10.0. The van der Waals surface area contributed by atoms with E-state index in [1.807, 2.05) is 0 Å². The average Bonchev–Trinajstić information content (AvgIpc) is 3.88. The largest absolute Gasteiger partial charge is 0.391 e. The second-order valence-corrected chi connectivity index (χ2v) is 15.8. The van der Waals surface area contributed by atoms with Crippen molar-refractivity contribution in [1.82, 2.24) is 41.7 Å². The molecule has 2 saturated heterocycles. The molecule has 2 aliphatic rings. The van der Waals surface area contributed by atoms with Crippen LogP contribution in [-0.2, 0) is 43.2 Å². The van der Waals surface area contributed by atoms with Gasteiger partial charge >= 0.3 is 0 Å². The van der Waals surface area contributed by atoms with Crippen LogP contribution in [0.25, 0.3) is 0 Å². The Hall–Kier alpha value is -4.73. The number of hydrogen-bond acceptors (Lipinski definition) is 13. The first-order valence-electron chi connectivity index (χ1n) is 20.2. The van der Waals surface area contributed by atoms with Crippen molar-refractivity contribution in [2.75, 3.05) is 19.6 Å². The molecule has 334 valence electrons. The minimum absolute atomic E-state index is 0.0867. The third-order valence-corrected chi connectivity index (χ3v) is 10.7. The second-order valence-electron chi connectivity index (χ2n) is 15.8. The Labute approximate surface area is 344 Å². The smallest absolute Gasteiger partial charge is 0.248 e. The van der Waals surface area contributed by atoms with Crippen molar-refractivity contribution in [3.8, 4) is 0 Å². The highest BCUT2D eigenvalue weighted by Crippen LogP contribution is 2.22. The first kappa shape index (κ1) is 50.4. The topological polar surface area (TPSA) is 319 Å². The summed E-state index contributed by atoms with van der Waals surface area (Å²) in [4.78, 5) is 120. The Balaban J connectivity index is 2.16. The lowest BCUT2D eigenvalue weighted by Crippen LogP contribution is -2.62. The van der Waals surface area contributed by atoms with Gasteiger partial charge in [0.05, 0.1) is 24.9 Å². The molecule has 0 spiro atoms. The lowest BCUT2D eigenvalue weighted by Gasteiger charge is -2.33. The van der Waals surface area contributed by atoms with Gasteiger partial charge in [0.25, 0.3) is 0 Å². The molecule has 0 aromatic carbocycles. The van der Waals surface area contributed by atoms with E-state index >= 15 is 0 Å². The molecule has 0 radical (unpaired) electrons. The number of amides is 8. The summed E-state index contributed by atoms with van der Waals surface area (Å²) in [7, 11) is 0. The molecule has 0 aliphatic carbocycles. The number of carbonyl (C=O) groups excluding carboxylic acids is 9. The molecule has 59 heavy (non-hydrogen) atoms. The zero-order valence-electron chi connectivity index (χ0n) is 35.2. The van der Waals surface area contributed by atoms with Gasteiger partial charge in [-0.15, -0.1) is 0 Å². The molecule has 21 nitrogen and oxygen atoms in total. The Morgan fingerprint density at radius 1 is 0.627 bits per heavy atom. The molecule has 8 amide bonds. The minimum Gasteiger partial charge on any atom is -0.391 e. The zero-order valence-corrected chi connectivity index (χ0v) is 35.2. The monoisotopic (exact) mass is 839 g/mol. The van der Waals surface area contributed by atoms with Gasteiger partial charge in [-0.2, -0.15) is 0 Å². The van der Waals surface area contributed by atoms with E-state index in [9.17, 15) is 58.5 Å². The van der Waals surface area contributed by atoms with E-state index in [1.165, 1.54) is 37.5 Å². The van der Waals surface area contributed by atoms with Crippen molar-refractivity contribution in [3.05, 3.63) is 0 Å². The highest BCUT2D eigenvalue weighted by Gasteiger charge is 2.43. The van der Waals surface area contributed by atoms with Gasteiger partial charge < -0.3 is 67.5 Å². The summed E-state index contributed by atoms with van der Waals surface area (Å²) in [5.74, 6) is -6.87. The van der Waals surface area contributed by atoms with Crippen molar-refractivity contribution in [1.29, 1.82) is 0 Å². The van der Waals surface area contributed by atoms with E-state index < -0.39 is 120 Å². The number of aliphatic hydroxyl groups is 3. The normalized spacial score (nSPS) is 21.6. The second kappa shape index (κ2) is 23.2. The van der Waals surface area contributed by atoms with Crippen molar-refractivity contribution in [3.63, 3.8) is 0 Å². The lowest BCUT2D eigenvalue weighted by molar-refractivity contribution is -0.146. The van der Waals surface area contributed by atoms with Crippen LogP contribution in [0.1, 0.15) is 87.5 Å². The Morgan fingerprint density at radius 3 is 1.56 bits per heavy atom. The van der Waals surface area contributed by atoms with Crippen molar-refractivity contribution >= 4 is 53.5 Å². The maximum atomic E-state index is 13.9. The summed E-state index contributed by atoms with van der Waals surface area (Å²) in [6.07, 6.45) is -1.77. The van der Waals surface area contributed by atoms with Gasteiger partial charge in [-0.05, 0) is 65.2 Å². The summed E-state index contributed by atoms with van der Waals surface area (Å²) in [5.41, 5.74) is 5.82. The lowest BCUT2D eigenvalue weighted by atomic mass is 9.98. The number of aliphatic hydroxyl groups excluding tert-OH is 3. The fourth-order valence-corrected chi connectivity index (χ4v) is 6.85. The number of rotatable bonds is 21. The molecule has 2 aliphatic heterocycles. The van der Waals surface area contributed by atoms with Crippen LogP contribution >= 0.6 is 0 Å². The molecule has 21 heteroatoms. The molecule has 2 fully saturated rings. The molecule has 2 rings (SSSR count). The molecule has 0 bridgehead atoms. The maximum Gasteiger partial charge on any atom is 0.248 e. The van der Waals surface area contributed by atoms with Crippen molar-refractivity contribution < 1.29 is 58.5 Å². The van der Waals surface area contributed by atoms with Crippen LogP contribution in [-0.4, -0.2) is 165 Å². The van der Waals surface area contributed by atoms with E-state index in [-0.39, 0.29) is 38.4 Å². The number of carbonyl (C=O) groups is 9. The van der Waals surface area contributed by atoms with Crippen LogP contribution in [0.5, 0.6) is 0 Å². The summed E-state index contributed by atoms with van der Waals surface area (Å²) in [6.45, 7) is 12.0. The van der Waals surface area contributed by atoms with Gasteiger partial charge in [0.1, 0.15) is 54.6 Å². The van der Waals surface area contributed by atoms with E-state index in [1.54, 1.807) is 27.7 Å².